The summed E-state index contributed by atoms with van der Waals surface area (Å²) in [5.74, 6) is -0.235. The Hall–Kier alpha value is -0.930. The average Bonchev–Trinajstić information content (AvgIpc) is 2.20. The van der Waals surface area contributed by atoms with Gasteiger partial charge in [0, 0.05) is 0 Å². The Kier molecular flexibility index (Phi) is 4.44. The van der Waals surface area contributed by atoms with E-state index in [1.54, 1.807) is 6.07 Å². The molecule has 1 rings (SSSR count). The molecule has 0 aromatic heterocycles. The second-order valence-corrected chi connectivity index (χ2v) is 4.37. The van der Waals surface area contributed by atoms with E-state index in [2.05, 4.69) is 0 Å². The van der Waals surface area contributed by atoms with Gasteiger partial charge in [-0.15, -0.1) is 0 Å². The fraction of sp³-hybridized carbons (Fsp3) is 0.538. The third-order valence-electron chi connectivity index (χ3n) is 2.93. The number of hydrogen-bond acceptors (Lipinski definition) is 2. The molecule has 0 amide bonds. The van der Waals surface area contributed by atoms with Gasteiger partial charge in [-0.2, -0.15) is 0 Å². The van der Waals surface area contributed by atoms with Crippen molar-refractivity contribution in [3.63, 3.8) is 0 Å². The number of aliphatic hydroxyl groups is 2. The summed E-state index contributed by atoms with van der Waals surface area (Å²) in [4.78, 5) is 0. The van der Waals surface area contributed by atoms with Gasteiger partial charge in [0.25, 0.3) is 0 Å². The summed E-state index contributed by atoms with van der Waals surface area (Å²) >= 11 is 0. The van der Waals surface area contributed by atoms with E-state index in [0.717, 1.165) is 11.1 Å². The molecule has 0 saturated carbocycles. The summed E-state index contributed by atoms with van der Waals surface area (Å²) in [5, 5.41) is 18.6. The van der Waals surface area contributed by atoms with Crippen molar-refractivity contribution < 1.29 is 14.6 Å². The summed E-state index contributed by atoms with van der Waals surface area (Å²) in [6.45, 7) is 5.33. The largest absolute Gasteiger partial charge is 0.391 e. The molecule has 0 bridgehead atoms. The van der Waals surface area contributed by atoms with Crippen molar-refractivity contribution in [1.82, 2.24) is 0 Å². The van der Waals surface area contributed by atoms with Crippen molar-refractivity contribution in [3.05, 3.63) is 34.6 Å². The van der Waals surface area contributed by atoms with Crippen LogP contribution >= 0.6 is 0 Å². The summed E-state index contributed by atoms with van der Waals surface area (Å²) in [7, 11) is 0. The fourth-order valence-corrected chi connectivity index (χ4v) is 1.58. The van der Waals surface area contributed by atoms with Crippen molar-refractivity contribution in [2.24, 2.45) is 0 Å². The summed E-state index contributed by atoms with van der Waals surface area (Å²) in [5.41, 5.74) is 2.57. The Morgan fingerprint density at radius 1 is 1.19 bits per heavy atom. The second kappa shape index (κ2) is 5.41. The zero-order valence-electron chi connectivity index (χ0n) is 10.00. The van der Waals surface area contributed by atoms with Crippen LogP contribution in [0.3, 0.4) is 0 Å². The molecule has 2 nitrogen and oxygen atoms in total. The van der Waals surface area contributed by atoms with Gasteiger partial charge >= 0.3 is 0 Å². The molecule has 0 saturated heterocycles. The highest BCUT2D eigenvalue weighted by Gasteiger charge is 2.12. The first-order valence-corrected chi connectivity index (χ1v) is 5.53. The van der Waals surface area contributed by atoms with Gasteiger partial charge in [-0.3, -0.25) is 0 Å². The lowest BCUT2D eigenvalue weighted by Crippen LogP contribution is -2.23. The average molecular weight is 226 g/mol. The van der Waals surface area contributed by atoms with E-state index in [4.69, 9.17) is 5.11 Å². The molecule has 0 fully saturated rings. The SMILES string of the molecule is Cc1cc(F)c(CCC(O)C(C)O)cc1C. The summed E-state index contributed by atoms with van der Waals surface area (Å²) < 4.78 is 13.5. The lowest BCUT2D eigenvalue weighted by molar-refractivity contribution is 0.0264. The number of hydrogen-bond donors (Lipinski definition) is 2. The number of benzene rings is 1. The van der Waals surface area contributed by atoms with E-state index in [-0.39, 0.29) is 5.82 Å². The highest BCUT2D eigenvalue weighted by molar-refractivity contribution is 5.31. The van der Waals surface area contributed by atoms with E-state index in [0.29, 0.717) is 18.4 Å². The van der Waals surface area contributed by atoms with Crippen LogP contribution < -0.4 is 0 Å². The van der Waals surface area contributed by atoms with Crippen LogP contribution in [0.15, 0.2) is 12.1 Å². The van der Waals surface area contributed by atoms with Gasteiger partial charge in [0.15, 0.2) is 0 Å². The number of aryl methyl sites for hydroxylation is 3. The molecule has 2 atom stereocenters. The molecule has 0 aliphatic rings. The Bertz CT molecular complexity index is 361. The first-order chi connectivity index (χ1) is 7.41. The predicted molar refractivity (Wildman–Crippen MR) is 61.9 cm³/mol. The van der Waals surface area contributed by atoms with Crippen LogP contribution in [0.5, 0.6) is 0 Å². The zero-order chi connectivity index (χ0) is 12.3. The van der Waals surface area contributed by atoms with E-state index < -0.39 is 12.2 Å². The van der Waals surface area contributed by atoms with E-state index in [1.807, 2.05) is 13.8 Å². The van der Waals surface area contributed by atoms with Crippen LogP contribution in [0.25, 0.3) is 0 Å². The van der Waals surface area contributed by atoms with Crippen molar-refractivity contribution in [3.8, 4) is 0 Å². The molecule has 0 spiro atoms. The molecule has 90 valence electrons. The highest BCUT2D eigenvalue weighted by atomic mass is 19.1. The van der Waals surface area contributed by atoms with Crippen LogP contribution in [0.2, 0.25) is 0 Å². The number of halogens is 1. The lowest BCUT2D eigenvalue weighted by Gasteiger charge is -2.14. The molecule has 3 heteroatoms. The maximum atomic E-state index is 13.5. The van der Waals surface area contributed by atoms with Gasteiger partial charge in [0.05, 0.1) is 12.2 Å². The van der Waals surface area contributed by atoms with Crippen LogP contribution in [0.1, 0.15) is 30.0 Å². The van der Waals surface area contributed by atoms with Crippen LogP contribution in [-0.2, 0) is 6.42 Å². The smallest absolute Gasteiger partial charge is 0.126 e. The van der Waals surface area contributed by atoms with Crippen molar-refractivity contribution >= 4 is 0 Å². The molecule has 1 aromatic carbocycles. The maximum absolute atomic E-state index is 13.5. The molecule has 16 heavy (non-hydrogen) atoms. The topological polar surface area (TPSA) is 40.5 Å². The molecular weight excluding hydrogens is 207 g/mol. The number of aliphatic hydroxyl groups excluding tert-OH is 2. The third-order valence-corrected chi connectivity index (χ3v) is 2.93. The monoisotopic (exact) mass is 226 g/mol. The summed E-state index contributed by atoms with van der Waals surface area (Å²) in [6.07, 6.45) is -0.744. The molecule has 0 radical (unpaired) electrons. The van der Waals surface area contributed by atoms with Crippen molar-refractivity contribution in [2.45, 2.75) is 45.8 Å². The Labute approximate surface area is 95.7 Å². The quantitative estimate of drug-likeness (QED) is 0.825. The van der Waals surface area contributed by atoms with Crippen LogP contribution in [-0.4, -0.2) is 22.4 Å². The van der Waals surface area contributed by atoms with Crippen molar-refractivity contribution in [2.75, 3.05) is 0 Å². The molecular formula is C13H19FO2. The maximum Gasteiger partial charge on any atom is 0.126 e. The Morgan fingerprint density at radius 2 is 1.75 bits per heavy atom. The zero-order valence-corrected chi connectivity index (χ0v) is 10.00. The first-order valence-electron chi connectivity index (χ1n) is 5.53. The normalized spacial score (nSPS) is 14.9. The number of rotatable bonds is 4. The van der Waals surface area contributed by atoms with Crippen LogP contribution in [0.4, 0.5) is 4.39 Å². The Balaban J connectivity index is 2.71. The first kappa shape index (κ1) is 13.1. The van der Waals surface area contributed by atoms with Crippen molar-refractivity contribution in [1.29, 1.82) is 0 Å². The van der Waals surface area contributed by atoms with Gasteiger partial charge in [-0.25, -0.2) is 4.39 Å². The summed E-state index contributed by atoms with van der Waals surface area (Å²) in [6, 6.07) is 3.32. The molecule has 0 aliphatic carbocycles. The lowest BCUT2D eigenvalue weighted by atomic mass is 10.00. The predicted octanol–water partition coefficient (Wildman–Crippen LogP) is 2.12. The minimum atomic E-state index is -0.791. The third kappa shape index (κ3) is 3.29. The fourth-order valence-electron chi connectivity index (χ4n) is 1.58. The molecule has 0 aliphatic heterocycles. The minimum Gasteiger partial charge on any atom is -0.391 e. The molecule has 2 N–H and O–H groups in total. The van der Waals surface area contributed by atoms with Gasteiger partial charge in [0.2, 0.25) is 0 Å². The van der Waals surface area contributed by atoms with Gasteiger partial charge in [0.1, 0.15) is 5.82 Å². The van der Waals surface area contributed by atoms with E-state index in [9.17, 15) is 9.50 Å². The second-order valence-electron chi connectivity index (χ2n) is 4.37. The molecule has 0 heterocycles. The van der Waals surface area contributed by atoms with E-state index >= 15 is 0 Å². The standard InChI is InChI=1S/C13H19FO2/c1-8-6-11(12(14)7-9(8)2)4-5-13(16)10(3)15/h6-7,10,13,15-16H,4-5H2,1-3H3. The molecule has 2 unspecified atom stereocenters. The van der Waals surface area contributed by atoms with Gasteiger partial charge in [-0.05, 0) is 56.4 Å². The van der Waals surface area contributed by atoms with Gasteiger partial charge in [-0.1, -0.05) is 6.07 Å². The highest BCUT2D eigenvalue weighted by Crippen LogP contribution is 2.17. The minimum absolute atomic E-state index is 0.235. The van der Waals surface area contributed by atoms with Crippen LogP contribution in [0, 0.1) is 19.7 Å². The molecule has 1 aromatic rings. The van der Waals surface area contributed by atoms with E-state index in [1.165, 1.54) is 13.0 Å². The van der Waals surface area contributed by atoms with Gasteiger partial charge < -0.3 is 10.2 Å². The Morgan fingerprint density at radius 3 is 2.31 bits per heavy atom.